The monoisotopic (exact) mass is 447 g/mol. The number of pyridine rings is 1. The predicted molar refractivity (Wildman–Crippen MR) is 130 cm³/mol. The number of benzene rings is 4. The molecule has 4 aromatic carbocycles. The topological polar surface area (TPSA) is 49.8 Å². The van der Waals surface area contributed by atoms with Crippen LogP contribution in [0, 0.1) is 0 Å². The summed E-state index contributed by atoms with van der Waals surface area (Å²) in [5, 5.41) is 0. The number of ether oxygens (including phenoxy) is 4. The van der Waals surface area contributed by atoms with Crippen LogP contribution in [0.2, 0.25) is 0 Å². The third-order valence-electron chi connectivity index (χ3n) is 4.73. The molecule has 1 heterocycles. The van der Waals surface area contributed by atoms with E-state index in [4.69, 9.17) is 18.9 Å². The average Bonchev–Trinajstić information content (AvgIpc) is 2.86. The molecule has 5 nitrogen and oxygen atoms in total. The minimum Gasteiger partial charge on any atom is -0.457 e. The molecule has 0 aliphatic carbocycles. The van der Waals surface area contributed by atoms with Crippen molar-refractivity contribution < 1.29 is 18.9 Å². The summed E-state index contributed by atoms with van der Waals surface area (Å²) in [7, 11) is 0. The zero-order valence-corrected chi connectivity index (χ0v) is 18.2. The van der Waals surface area contributed by atoms with Gasteiger partial charge in [0.15, 0.2) is 0 Å². The fourth-order valence-electron chi connectivity index (χ4n) is 3.23. The van der Waals surface area contributed by atoms with Crippen molar-refractivity contribution in [2.45, 2.75) is 0 Å². The van der Waals surface area contributed by atoms with Gasteiger partial charge in [0.05, 0.1) is 12.4 Å². The predicted octanol–water partition coefficient (Wildman–Crippen LogP) is 8.25. The minimum atomic E-state index is 0.547. The maximum atomic E-state index is 5.99. The molecule has 0 aliphatic heterocycles. The van der Waals surface area contributed by atoms with Crippen molar-refractivity contribution in [3.05, 3.63) is 128 Å². The fourth-order valence-corrected chi connectivity index (χ4v) is 3.23. The molecule has 1 aromatic heterocycles. The summed E-state index contributed by atoms with van der Waals surface area (Å²) in [4.78, 5) is 4.24. The largest absolute Gasteiger partial charge is 0.457 e. The molecule has 0 fully saturated rings. The standard InChI is InChI=1S/C29H21NO4/c1-3-9-22(10-4-1)31-24-13-7-15-26(17-24)33-28-19-29(21-30-20-28)34-27-16-8-14-25(18-27)32-23-11-5-2-6-12-23/h1-21H. The minimum absolute atomic E-state index is 0.547. The molecule has 5 rings (SSSR count). The maximum absolute atomic E-state index is 5.99. The number of para-hydroxylation sites is 2. The molecule has 5 heteroatoms. The van der Waals surface area contributed by atoms with Gasteiger partial charge in [-0.15, -0.1) is 0 Å². The number of hydrogen-bond donors (Lipinski definition) is 0. The van der Waals surface area contributed by atoms with Crippen molar-refractivity contribution in [1.82, 2.24) is 4.98 Å². The molecule has 0 aliphatic rings. The smallest absolute Gasteiger partial charge is 0.149 e. The average molecular weight is 447 g/mol. The van der Waals surface area contributed by atoms with Crippen LogP contribution in [0.4, 0.5) is 0 Å². The summed E-state index contributed by atoms with van der Waals surface area (Å²) in [6.45, 7) is 0. The van der Waals surface area contributed by atoms with Gasteiger partial charge in [0.1, 0.15) is 46.0 Å². The van der Waals surface area contributed by atoms with Crippen molar-refractivity contribution >= 4 is 0 Å². The van der Waals surface area contributed by atoms with E-state index in [-0.39, 0.29) is 0 Å². The van der Waals surface area contributed by atoms with E-state index in [1.165, 1.54) is 0 Å². The van der Waals surface area contributed by atoms with Crippen LogP contribution in [0.1, 0.15) is 0 Å². The van der Waals surface area contributed by atoms with Gasteiger partial charge in [-0.05, 0) is 48.5 Å². The number of aromatic nitrogens is 1. The van der Waals surface area contributed by atoms with Crippen molar-refractivity contribution in [1.29, 1.82) is 0 Å². The van der Waals surface area contributed by atoms with Gasteiger partial charge in [-0.25, -0.2) is 0 Å². The van der Waals surface area contributed by atoms with Crippen LogP contribution in [-0.2, 0) is 0 Å². The van der Waals surface area contributed by atoms with E-state index in [0.29, 0.717) is 34.5 Å². The van der Waals surface area contributed by atoms with Crippen molar-refractivity contribution in [2.24, 2.45) is 0 Å². The third-order valence-corrected chi connectivity index (χ3v) is 4.73. The van der Waals surface area contributed by atoms with Gasteiger partial charge >= 0.3 is 0 Å². The first kappa shape index (κ1) is 21.1. The molecular weight excluding hydrogens is 426 g/mol. The lowest BCUT2D eigenvalue weighted by Crippen LogP contribution is -1.90. The summed E-state index contributed by atoms with van der Waals surface area (Å²) in [5.41, 5.74) is 0. The van der Waals surface area contributed by atoms with E-state index in [2.05, 4.69) is 4.98 Å². The second-order valence-corrected chi connectivity index (χ2v) is 7.34. The van der Waals surface area contributed by atoms with Gasteiger partial charge in [-0.2, -0.15) is 0 Å². The van der Waals surface area contributed by atoms with Crippen molar-refractivity contribution in [3.8, 4) is 46.0 Å². The Bertz CT molecular complexity index is 1250. The van der Waals surface area contributed by atoms with Crippen LogP contribution >= 0.6 is 0 Å². The number of hydrogen-bond acceptors (Lipinski definition) is 5. The Labute approximate surface area is 197 Å². The van der Waals surface area contributed by atoms with E-state index in [1.807, 2.05) is 109 Å². The Morgan fingerprint density at radius 2 is 0.647 bits per heavy atom. The van der Waals surface area contributed by atoms with E-state index in [9.17, 15) is 0 Å². The van der Waals surface area contributed by atoms with Crippen LogP contribution in [0.3, 0.4) is 0 Å². The lowest BCUT2D eigenvalue weighted by atomic mass is 10.3. The first-order valence-electron chi connectivity index (χ1n) is 10.8. The molecule has 0 atom stereocenters. The lowest BCUT2D eigenvalue weighted by Gasteiger charge is -2.11. The highest BCUT2D eigenvalue weighted by Crippen LogP contribution is 2.32. The van der Waals surface area contributed by atoms with Gasteiger partial charge < -0.3 is 18.9 Å². The summed E-state index contributed by atoms with van der Waals surface area (Å²) in [5.74, 6) is 5.23. The molecule has 0 spiro atoms. The highest BCUT2D eigenvalue weighted by Gasteiger charge is 2.06. The quantitative estimate of drug-likeness (QED) is 0.240. The Hall–Kier alpha value is -4.77. The third kappa shape index (κ3) is 5.72. The number of rotatable bonds is 8. The van der Waals surface area contributed by atoms with Crippen molar-refractivity contribution in [3.63, 3.8) is 0 Å². The molecule has 0 N–H and O–H groups in total. The number of nitrogens with zero attached hydrogens (tertiary/aromatic N) is 1. The Morgan fingerprint density at radius 3 is 1.06 bits per heavy atom. The molecular formula is C29H21NO4. The molecule has 166 valence electrons. The Kier molecular flexibility index (Phi) is 6.35. The highest BCUT2D eigenvalue weighted by molar-refractivity contribution is 5.42. The van der Waals surface area contributed by atoms with Crippen LogP contribution in [0.5, 0.6) is 46.0 Å². The molecule has 0 bridgehead atoms. The first-order chi connectivity index (χ1) is 16.8. The van der Waals surface area contributed by atoms with Gasteiger partial charge in [0.2, 0.25) is 0 Å². The van der Waals surface area contributed by atoms with Crippen LogP contribution in [-0.4, -0.2) is 4.98 Å². The molecule has 5 aromatic rings. The Morgan fingerprint density at radius 1 is 0.324 bits per heavy atom. The van der Waals surface area contributed by atoms with E-state index in [0.717, 1.165) is 11.5 Å². The Balaban J connectivity index is 1.26. The van der Waals surface area contributed by atoms with Gasteiger partial charge in [0, 0.05) is 18.2 Å². The molecule has 34 heavy (non-hydrogen) atoms. The second-order valence-electron chi connectivity index (χ2n) is 7.34. The van der Waals surface area contributed by atoms with Crippen LogP contribution in [0.25, 0.3) is 0 Å². The van der Waals surface area contributed by atoms with Crippen LogP contribution < -0.4 is 18.9 Å². The fraction of sp³-hybridized carbons (Fsp3) is 0. The van der Waals surface area contributed by atoms with Crippen LogP contribution in [0.15, 0.2) is 128 Å². The SMILES string of the molecule is c1ccc(Oc2cccc(Oc3cncc(Oc4cccc(Oc5ccccc5)c4)c3)c2)cc1. The molecule has 0 saturated heterocycles. The lowest BCUT2D eigenvalue weighted by molar-refractivity contribution is 0.444. The summed E-state index contributed by atoms with van der Waals surface area (Å²) < 4.78 is 23.7. The summed E-state index contributed by atoms with van der Waals surface area (Å²) in [6, 6.07) is 35.8. The van der Waals surface area contributed by atoms with Gasteiger partial charge in [0.25, 0.3) is 0 Å². The molecule has 0 unspecified atom stereocenters. The first-order valence-corrected chi connectivity index (χ1v) is 10.8. The van der Waals surface area contributed by atoms with E-state index >= 15 is 0 Å². The van der Waals surface area contributed by atoms with E-state index < -0.39 is 0 Å². The zero-order valence-electron chi connectivity index (χ0n) is 18.2. The highest BCUT2D eigenvalue weighted by atomic mass is 16.5. The van der Waals surface area contributed by atoms with Crippen molar-refractivity contribution in [2.75, 3.05) is 0 Å². The zero-order chi connectivity index (χ0) is 23.0. The summed E-state index contributed by atoms with van der Waals surface area (Å²) >= 11 is 0. The summed E-state index contributed by atoms with van der Waals surface area (Å²) in [6.07, 6.45) is 3.26. The normalized spacial score (nSPS) is 10.4. The van der Waals surface area contributed by atoms with Gasteiger partial charge in [-0.3, -0.25) is 4.98 Å². The molecule has 0 amide bonds. The van der Waals surface area contributed by atoms with Gasteiger partial charge in [-0.1, -0.05) is 48.5 Å². The molecule has 0 saturated carbocycles. The van der Waals surface area contributed by atoms with E-state index in [1.54, 1.807) is 18.5 Å². The second kappa shape index (κ2) is 10.2. The molecule has 0 radical (unpaired) electrons. The maximum Gasteiger partial charge on any atom is 0.149 e.